The molecule has 4 rings (SSSR count). The number of ether oxygens (including phenoxy) is 4. The van der Waals surface area contributed by atoms with Crippen molar-refractivity contribution >= 4 is 17.7 Å². The van der Waals surface area contributed by atoms with Gasteiger partial charge in [0.05, 0.1) is 0 Å². The lowest BCUT2D eigenvalue weighted by atomic mass is 10.0. The van der Waals surface area contributed by atoms with Crippen LogP contribution in [0.1, 0.15) is 25.5 Å². The molecule has 8 N–H and O–H groups in total. The molecule has 3 amide bonds. The number of methoxy groups -OCH3 is 1. The number of nitrogens with zero attached hydrogens (tertiary/aromatic N) is 1. The zero-order valence-corrected chi connectivity index (χ0v) is 21.2. The molecule has 9 atom stereocenters. The first-order valence-electron chi connectivity index (χ1n) is 12.3. The maximum absolute atomic E-state index is 12.8. The van der Waals surface area contributed by atoms with E-state index >= 15 is 0 Å². The van der Waals surface area contributed by atoms with Crippen LogP contribution in [0.3, 0.4) is 0 Å². The Hall–Kier alpha value is -3.61. The van der Waals surface area contributed by atoms with Gasteiger partial charge in [0.2, 0.25) is 18.1 Å². The van der Waals surface area contributed by atoms with E-state index in [1.54, 1.807) is 6.54 Å². The summed E-state index contributed by atoms with van der Waals surface area (Å²) in [4.78, 5) is 63.1. The molecule has 219 valence electrons. The van der Waals surface area contributed by atoms with E-state index in [-0.39, 0.29) is 0 Å². The molecule has 3 aliphatic heterocycles. The minimum Gasteiger partial charge on any atom is -0.456 e. The van der Waals surface area contributed by atoms with E-state index in [2.05, 4.69) is 10.6 Å². The fraction of sp³-hybridized carbons (Fsp3) is 0.565. The van der Waals surface area contributed by atoms with Crippen molar-refractivity contribution in [2.75, 3.05) is 7.11 Å². The van der Waals surface area contributed by atoms with Gasteiger partial charge in [-0.15, -0.1) is 0 Å². The van der Waals surface area contributed by atoms with Crippen LogP contribution in [0.4, 0.5) is 0 Å². The van der Waals surface area contributed by atoms with Crippen molar-refractivity contribution < 1.29 is 48.7 Å². The molecule has 0 aliphatic carbocycles. The summed E-state index contributed by atoms with van der Waals surface area (Å²) < 4.78 is 22.8. The molecule has 1 radical (unpaired) electrons. The van der Waals surface area contributed by atoms with Crippen LogP contribution < -0.4 is 27.6 Å². The molecule has 1 aromatic rings. The fourth-order valence-electron chi connectivity index (χ4n) is 4.58. The number of nitrogens with two attached hydrogens (primary N) is 1. The number of rotatable bonds is 8. The van der Waals surface area contributed by atoms with Gasteiger partial charge in [-0.05, 0) is 25.3 Å². The zero-order valence-electron chi connectivity index (χ0n) is 21.2. The van der Waals surface area contributed by atoms with Crippen molar-refractivity contribution in [1.82, 2.24) is 20.2 Å². The molecule has 0 bridgehead atoms. The standard InChI is InChI=1S/C23H30N5O12/c1-37-15-14(32)21(28-7-5-12(30)27-23(28)36)39-16(15)17(18(24)33)40-22-13(31)10(29)8-11(38-22)20(35)26-9-4-2-3-6-25-19(9)34/h5-10,13-17,21-22,29,31-32H,2-4H2,1H3,(H2,24,33)(H,25,34)(H,26,35)(H,27,30,36)/t9-,10-,13-,14+,15-,16-,17+,21+,22+/m0/s1. The summed E-state index contributed by atoms with van der Waals surface area (Å²) in [7, 11) is 1.18. The lowest BCUT2D eigenvalue weighted by Gasteiger charge is -2.35. The van der Waals surface area contributed by atoms with Crippen molar-refractivity contribution in [2.24, 2.45) is 5.73 Å². The van der Waals surface area contributed by atoms with Gasteiger partial charge in [0, 0.05) is 25.9 Å². The maximum Gasteiger partial charge on any atom is 0.330 e. The summed E-state index contributed by atoms with van der Waals surface area (Å²) in [5.41, 5.74) is 3.91. The quantitative estimate of drug-likeness (QED) is 0.157. The topological polar surface area (TPSA) is 254 Å². The summed E-state index contributed by atoms with van der Waals surface area (Å²) in [5, 5.41) is 36.6. The van der Waals surface area contributed by atoms with Crippen molar-refractivity contribution in [3.05, 3.63) is 51.5 Å². The Morgan fingerprint density at radius 2 is 1.98 bits per heavy atom. The van der Waals surface area contributed by atoms with Crippen LogP contribution in [0.2, 0.25) is 0 Å². The Morgan fingerprint density at radius 3 is 2.65 bits per heavy atom. The van der Waals surface area contributed by atoms with E-state index < -0.39 is 89.9 Å². The van der Waals surface area contributed by atoms with Gasteiger partial charge in [0.1, 0.15) is 36.6 Å². The summed E-state index contributed by atoms with van der Waals surface area (Å²) in [6.07, 6.45) is -9.39. The van der Waals surface area contributed by atoms with Crippen LogP contribution in [0.15, 0.2) is 33.7 Å². The predicted octanol–water partition coefficient (Wildman–Crippen LogP) is -4.41. The Kier molecular flexibility index (Phi) is 9.02. The van der Waals surface area contributed by atoms with Gasteiger partial charge in [-0.1, -0.05) is 0 Å². The fourth-order valence-corrected chi connectivity index (χ4v) is 4.58. The summed E-state index contributed by atoms with van der Waals surface area (Å²) in [6, 6.07) is 0.125. The van der Waals surface area contributed by atoms with Gasteiger partial charge < -0.3 is 50.6 Å². The Labute approximate surface area is 225 Å². The number of H-pyrrole nitrogens is 1. The second kappa shape index (κ2) is 12.3. The van der Waals surface area contributed by atoms with E-state index in [0.717, 1.165) is 22.9 Å². The highest BCUT2D eigenvalue weighted by atomic mass is 16.7. The highest BCUT2D eigenvalue weighted by molar-refractivity contribution is 5.95. The molecule has 0 saturated carbocycles. The molecule has 3 aliphatic rings. The lowest BCUT2D eigenvalue weighted by Crippen LogP contribution is -2.54. The number of nitrogens with one attached hydrogen (secondary N) is 3. The first-order chi connectivity index (χ1) is 19.0. The molecule has 2 fully saturated rings. The van der Waals surface area contributed by atoms with Gasteiger partial charge in [0.15, 0.2) is 18.1 Å². The smallest absolute Gasteiger partial charge is 0.330 e. The molecule has 0 spiro atoms. The number of aromatic nitrogens is 2. The van der Waals surface area contributed by atoms with Gasteiger partial charge in [-0.2, -0.15) is 0 Å². The van der Waals surface area contributed by atoms with E-state index in [0.29, 0.717) is 19.3 Å². The lowest BCUT2D eigenvalue weighted by molar-refractivity contribution is -0.241. The van der Waals surface area contributed by atoms with Crippen LogP contribution in [0.25, 0.3) is 0 Å². The van der Waals surface area contributed by atoms with Crippen molar-refractivity contribution in [2.45, 2.75) is 74.4 Å². The minimum absolute atomic E-state index is 0.343. The number of hydrogen-bond donors (Lipinski definition) is 7. The number of carbonyl (C=O) groups excluding carboxylic acids is 3. The van der Waals surface area contributed by atoms with Crippen LogP contribution in [0.5, 0.6) is 0 Å². The van der Waals surface area contributed by atoms with Crippen LogP contribution in [0, 0.1) is 6.54 Å². The van der Waals surface area contributed by atoms with E-state index in [1.165, 1.54) is 7.11 Å². The normalized spacial score (nSPS) is 33.2. The second-order valence-corrected chi connectivity index (χ2v) is 9.33. The highest BCUT2D eigenvalue weighted by Crippen LogP contribution is 2.34. The Morgan fingerprint density at radius 1 is 1.23 bits per heavy atom. The zero-order chi connectivity index (χ0) is 29.1. The summed E-state index contributed by atoms with van der Waals surface area (Å²) in [6.45, 7) is 1.58. The monoisotopic (exact) mass is 568 g/mol. The first kappa shape index (κ1) is 29.4. The number of aliphatic hydroxyl groups is 3. The Bertz CT molecular complexity index is 1260. The average molecular weight is 569 g/mol. The molecule has 0 aromatic carbocycles. The van der Waals surface area contributed by atoms with Gasteiger partial charge in [-0.3, -0.25) is 28.7 Å². The van der Waals surface area contributed by atoms with E-state index in [4.69, 9.17) is 24.7 Å². The number of amides is 3. The number of aromatic amines is 1. The molecule has 1 aromatic heterocycles. The molecule has 17 nitrogen and oxygen atoms in total. The summed E-state index contributed by atoms with van der Waals surface area (Å²) in [5.74, 6) is -2.99. The predicted molar refractivity (Wildman–Crippen MR) is 129 cm³/mol. The van der Waals surface area contributed by atoms with Gasteiger partial charge in [0.25, 0.3) is 11.5 Å². The Balaban J connectivity index is 1.52. The van der Waals surface area contributed by atoms with E-state index in [1.807, 2.05) is 4.98 Å². The highest BCUT2D eigenvalue weighted by Gasteiger charge is 2.52. The number of hydrogen-bond acceptors (Lipinski definition) is 12. The van der Waals surface area contributed by atoms with E-state index in [9.17, 15) is 39.3 Å². The SMILES string of the molecule is CO[C@H]1[C@@H](O)[C@H](n2ccc(=O)[nH]c2=O)O[C@@H]1[C@@H](O[C@H]1OC(C(=O)N[C@H]2CCC[CH]NC2=O)=C[C@H](O)[C@@H]1O)C(N)=O. The first-order valence-corrected chi connectivity index (χ1v) is 12.3. The van der Waals surface area contributed by atoms with Crippen LogP contribution >= 0.6 is 0 Å². The molecule has 17 heteroatoms. The van der Waals surface area contributed by atoms with Crippen molar-refractivity contribution in [3.63, 3.8) is 0 Å². The maximum atomic E-state index is 12.8. The van der Waals surface area contributed by atoms with Crippen molar-refractivity contribution in [3.8, 4) is 0 Å². The molecule has 2 saturated heterocycles. The minimum atomic E-state index is -1.84. The molecule has 0 unspecified atom stereocenters. The van der Waals surface area contributed by atoms with Crippen LogP contribution in [-0.4, -0.2) is 98.7 Å². The molecule has 40 heavy (non-hydrogen) atoms. The van der Waals surface area contributed by atoms with Crippen molar-refractivity contribution in [1.29, 1.82) is 0 Å². The van der Waals surface area contributed by atoms with Gasteiger partial charge >= 0.3 is 5.69 Å². The largest absolute Gasteiger partial charge is 0.456 e. The third-order valence-electron chi connectivity index (χ3n) is 6.63. The van der Waals surface area contributed by atoms with Crippen LogP contribution in [-0.2, 0) is 33.3 Å². The molecular formula is C23H30N5O12. The number of aliphatic hydroxyl groups excluding tert-OH is 3. The number of primary amides is 1. The third-order valence-corrected chi connectivity index (χ3v) is 6.63. The number of carbonyl (C=O) groups is 3. The molecular weight excluding hydrogens is 538 g/mol. The third kappa shape index (κ3) is 6.08. The van der Waals surface area contributed by atoms with Gasteiger partial charge in [-0.25, -0.2) is 4.79 Å². The average Bonchev–Trinajstić information content (AvgIpc) is 3.08. The summed E-state index contributed by atoms with van der Waals surface area (Å²) >= 11 is 0. The second-order valence-electron chi connectivity index (χ2n) is 9.33. The molecule has 4 heterocycles.